The van der Waals surface area contributed by atoms with E-state index in [2.05, 4.69) is 25.9 Å². The molecule has 0 unspecified atom stereocenters. The number of esters is 1. The molecule has 288 valence electrons. The Hall–Kier alpha value is -3.45. The van der Waals surface area contributed by atoms with E-state index in [4.69, 9.17) is 18.9 Å². The predicted molar refractivity (Wildman–Crippen MR) is 194 cm³/mol. The summed E-state index contributed by atoms with van der Waals surface area (Å²) < 4.78 is 23.7. The van der Waals surface area contributed by atoms with Crippen LogP contribution in [0.5, 0.6) is 5.75 Å². The molecule has 1 aromatic carbocycles. The number of hydrogen-bond acceptors (Lipinski definition) is 11. The van der Waals surface area contributed by atoms with Gasteiger partial charge in [-0.25, -0.2) is 14.4 Å². The monoisotopic (exact) mass is 841 g/mol. The third-order valence-corrected chi connectivity index (χ3v) is 7.47. The first kappa shape index (κ1) is 46.9. The van der Waals surface area contributed by atoms with Crippen LogP contribution in [0.15, 0.2) is 36.7 Å². The summed E-state index contributed by atoms with van der Waals surface area (Å²) in [6.45, 7) is 0.871. The number of ether oxygens (including phenoxy) is 4. The molecule has 4 saturated carbocycles. The summed E-state index contributed by atoms with van der Waals surface area (Å²) in [5, 5.41) is 18.6. The molecule has 1 N–H and O–H groups in total. The number of amides is 1. The fourth-order valence-electron chi connectivity index (χ4n) is 4.86. The van der Waals surface area contributed by atoms with Crippen molar-refractivity contribution >= 4 is 18.2 Å². The number of rotatable bonds is 13. The molecule has 56 heavy (non-hydrogen) atoms. The van der Waals surface area contributed by atoms with Crippen LogP contribution in [0.25, 0.3) is 0 Å². The molecule has 16 heteroatoms. The minimum atomic E-state index is -1.02. The Bertz CT molecular complexity index is 1530. The van der Waals surface area contributed by atoms with Crippen LogP contribution in [0.2, 0.25) is 0 Å². The number of nitrogens with zero attached hydrogens (tertiary/aromatic N) is 6. The first-order valence-electron chi connectivity index (χ1n) is 16.9. The second-order valence-corrected chi connectivity index (χ2v) is 11.6. The Balaban J connectivity index is 0.000000608. The molecule has 0 bridgehead atoms. The summed E-state index contributed by atoms with van der Waals surface area (Å²) in [5.41, 5.74) is 1.60. The van der Waals surface area contributed by atoms with Crippen molar-refractivity contribution in [1.82, 2.24) is 35.3 Å². The zero-order valence-electron chi connectivity index (χ0n) is 30.2. The Labute approximate surface area is 352 Å². The van der Waals surface area contributed by atoms with Crippen LogP contribution in [0.1, 0.15) is 17.0 Å². The fraction of sp³-hybridized carbons (Fsp3) is 0.175. The Morgan fingerprint density at radius 3 is 1.54 bits per heavy atom. The molecule has 0 spiro atoms. The number of carbonyl (C=O) groups excluding carboxylic acids is 3. The third-order valence-electron chi connectivity index (χ3n) is 7.47. The summed E-state index contributed by atoms with van der Waals surface area (Å²) in [4.78, 5) is 36.9. The molecular formula is C40H39Fe2N7O7+4. The first-order valence-corrected chi connectivity index (χ1v) is 16.9. The number of carbonyl (C=O) groups is 3. The molecule has 2 aromatic heterocycles. The van der Waals surface area contributed by atoms with E-state index in [9.17, 15) is 14.4 Å². The molecular weight excluding hydrogens is 802 g/mol. The van der Waals surface area contributed by atoms with Crippen LogP contribution >= 0.6 is 0 Å². The van der Waals surface area contributed by atoms with Gasteiger partial charge in [0.2, 0.25) is 0 Å². The summed E-state index contributed by atoms with van der Waals surface area (Å²) in [7, 11) is 1.22. The standard InChI is InChI=1S/C30H29N7O7.2C5H5.2Fe/c1-41-28(38)27(31-29(39)42-19-24-17-36(34-32-24)15-22-6-2-3-7-22)14-21-10-12-26(13-11-21)44-30(40)43-20-25-18-37(35-33-25)16-23-8-4-5-9-23;2*1-2-4-5-3-1;;/h2-13,17-18,27H,14-16,19-20H2,1H3,(H,31,39);2*1-5H;;/q;;;2*+2/t27-;;;;/m0..../s1. The molecule has 1 amide bonds. The number of benzene rings is 1. The SMILES string of the molecule is COC(=O)[C@H](Cc1ccc(OC(=O)OCc2cn(C[C]3[CH][CH][CH][CH]3)nn2)cc1)NC(=O)OCc1cn(C[C]2[CH][CH][CH][CH]2)nn1.[CH]1[CH][CH][CH][CH]1.[CH]1[CH][CH][CH][CH]1.[Fe+2].[Fe+2]. The molecule has 2 heterocycles. The van der Waals surface area contributed by atoms with E-state index in [1.807, 2.05) is 116 Å². The van der Waals surface area contributed by atoms with E-state index in [1.165, 1.54) is 19.2 Å². The van der Waals surface area contributed by atoms with Crippen molar-refractivity contribution in [2.75, 3.05) is 7.11 Å². The fourth-order valence-corrected chi connectivity index (χ4v) is 4.86. The maximum atomic E-state index is 12.4. The van der Waals surface area contributed by atoms with Gasteiger partial charge in [0.1, 0.15) is 36.4 Å². The predicted octanol–water partition coefficient (Wildman–Crippen LogP) is 4.44. The number of alkyl carbamates (subject to hydrolysis) is 1. The van der Waals surface area contributed by atoms with Gasteiger partial charge < -0.3 is 24.3 Å². The van der Waals surface area contributed by atoms with Gasteiger partial charge in [-0.15, -0.1) is 10.2 Å². The molecule has 4 aliphatic rings. The minimum absolute atomic E-state index is 0. The van der Waals surface area contributed by atoms with Gasteiger partial charge in [0.25, 0.3) is 0 Å². The zero-order valence-corrected chi connectivity index (χ0v) is 32.4. The van der Waals surface area contributed by atoms with Crippen LogP contribution in [-0.4, -0.2) is 61.4 Å². The van der Waals surface area contributed by atoms with Gasteiger partial charge in [-0.1, -0.05) is 22.6 Å². The van der Waals surface area contributed by atoms with Crippen LogP contribution in [0.3, 0.4) is 0 Å². The van der Waals surface area contributed by atoms with E-state index in [-0.39, 0.29) is 59.5 Å². The van der Waals surface area contributed by atoms with Crippen LogP contribution in [-0.2, 0) is 85.9 Å². The van der Waals surface area contributed by atoms with Crippen molar-refractivity contribution in [2.24, 2.45) is 0 Å². The van der Waals surface area contributed by atoms with Crippen molar-refractivity contribution in [3.8, 4) is 5.75 Å². The van der Waals surface area contributed by atoms with Crippen molar-refractivity contribution in [2.45, 2.75) is 38.8 Å². The summed E-state index contributed by atoms with van der Waals surface area (Å²) in [5.74, 6) is 1.73. The Morgan fingerprint density at radius 2 is 1.09 bits per heavy atom. The van der Waals surface area contributed by atoms with Gasteiger partial charge in [0, 0.05) is 31.3 Å². The van der Waals surface area contributed by atoms with E-state index in [0.29, 0.717) is 30.0 Å². The topological polar surface area (TPSA) is 162 Å². The van der Waals surface area contributed by atoms with Crippen molar-refractivity contribution in [1.29, 1.82) is 0 Å². The van der Waals surface area contributed by atoms with E-state index < -0.39 is 24.3 Å². The molecule has 4 aliphatic carbocycles. The van der Waals surface area contributed by atoms with Gasteiger partial charge in [-0.05, 0) is 133 Å². The zero-order chi connectivity index (χ0) is 37.8. The van der Waals surface area contributed by atoms with Gasteiger partial charge in [-0.3, -0.25) is 9.36 Å². The molecule has 0 aliphatic heterocycles. The van der Waals surface area contributed by atoms with E-state index >= 15 is 0 Å². The van der Waals surface area contributed by atoms with E-state index in [0.717, 1.165) is 11.8 Å². The average Bonchev–Trinajstić information content (AvgIpc) is 4.04. The normalized spacial score (nSPS) is 16.9. The summed E-state index contributed by atoms with van der Waals surface area (Å²) >= 11 is 0. The second-order valence-electron chi connectivity index (χ2n) is 11.6. The van der Waals surface area contributed by atoms with Crippen molar-refractivity contribution in [3.63, 3.8) is 0 Å². The van der Waals surface area contributed by atoms with Crippen LogP contribution in [0, 0.1) is 127 Å². The molecule has 1 atom stereocenters. The third kappa shape index (κ3) is 17.4. The molecule has 20 radical (unpaired) electrons. The second kappa shape index (κ2) is 26.5. The molecule has 4 fully saturated rings. The van der Waals surface area contributed by atoms with Gasteiger partial charge in [-0.2, -0.15) is 0 Å². The quantitative estimate of drug-likeness (QED) is 0.112. The Kier molecular flexibility index (Phi) is 22.2. The van der Waals surface area contributed by atoms with E-state index in [1.54, 1.807) is 33.9 Å². The van der Waals surface area contributed by atoms with Gasteiger partial charge in [0.15, 0.2) is 0 Å². The Morgan fingerprint density at radius 1 is 0.643 bits per heavy atom. The minimum Gasteiger partial charge on any atom is -0.467 e. The van der Waals surface area contributed by atoms with Crippen molar-refractivity contribution < 1.29 is 67.5 Å². The number of methoxy groups -OCH3 is 1. The van der Waals surface area contributed by atoms with Crippen LogP contribution < -0.4 is 10.1 Å². The summed E-state index contributed by atoms with van der Waals surface area (Å²) in [6.07, 6.45) is 37.4. The maximum Gasteiger partial charge on any atom is 2.00 e. The number of aromatic nitrogens is 6. The molecule has 0 saturated heterocycles. The maximum absolute atomic E-state index is 12.4. The molecule has 3 aromatic rings. The van der Waals surface area contributed by atoms with Crippen molar-refractivity contribution in [3.05, 3.63) is 181 Å². The van der Waals surface area contributed by atoms with Crippen LogP contribution in [0.4, 0.5) is 9.59 Å². The first-order chi connectivity index (χ1) is 26.4. The largest absolute Gasteiger partial charge is 2.00 e. The van der Waals surface area contributed by atoms with Gasteiger partial charge >= 0.3 is 52.4 Å². The smallest absolute Gasteiger partial charge is 0.467 e. The summed E-state index contributed by atoms with van der Waals surface area (Å²) in [6, 6.07) is 5.35. The molecule has 14 nitrogen and oxygen atoms in total. The molecule has 7 rings (SSSR count). The number of hydrogen-bond donors (Lipinski definition) is 1. The van der Waals surface area contributed by atoms with Gasteiger partial charge in [0.05, 0.1) is 19.5 Å². The number of nitrogens with one attached hydrogen (secondary N) is 1. The average molecular weight is 841 g/mol.